The molecule has 2 heterocycles. The van der Waals surface area contributed by atoms with Crippen molar-refractivity contribution in [3.63, 3.8) is 0 Å². The van der Waals surface area contributed by atoms with Crippen molar-refractivity contribution in [1.29, 1.82) is 0 Å². The molecule has 1 fully saturated rings. The second-order valence-corrected chi connectivity index (χ2v) is 8.53. The van der Waals surface area contributed by atoms with E-state index in [1.54, 1.807) is 42.4 Å². The zero-order chi connectivity index (χ0) is 24.2. The van der Waals surface area contributed by atoms with Crippen LogP contribution in [0.1, 0.15) is 23.0 Å². The average molecular weight is 463 g/mol. The van der Waals surface area contributed by atoms with Crippen LogP contribution in [0, 0.1) is 5.82 Å². The zero-order valence-electron chi connectivity index (χ0n) is 19.2. The molecule has 0 unspecified atom stereocenters. The lowest BCUT2D eigenvalue weighted by atomic mass is 10.1. The molecule has 34 heavy (non-hydrogen) atoms. The summed E-state index contributed by atoms with van der Waals surface area (Å²) in [6.07, 6.45) is 0.742. The first-order valence-electron chi connectivity index (χ1n) is 11.1. The number of aromatic nitrogens is 1. The van der Waals surface area contributed by atoms with Gasteiger partial charge in [0, 0.05) is 56.7 Å². The first-order valence-corrected chi connectivity index (χ1v) is 11.1. The number of nitrogens with zero attached hydrogens (tertiary/aromatic N) is 4. The van der Waals surface area contributed by atoms with E-state index in [2.05, 4.69) is 9.88 Å². The smallest absolute Gasteiger partial charge is 0.407 e. The van der Waals surface area contributed by atoms with Gasteiger partial charge in [-0.1, -0.05) is 30.3 Å². The first-order chi connectivity index (χ1) is 16.3. The van der Waals surface area contributed by atoms with Crippen LogP contribution in [-0.4, -0.2) is 64.6 Å². The number of anilines is 1. The second-order valence-electron chi connectivity index (χ2n) is 8.53. The number of hydrogen-bond acceptors (Lipinski definition) is 4. The summed E-state index contributed by atoms with van der Waals surface area (Å²) in [4.78, 5) is 33.7. The van der Waals surface area contributed by atoms with Crippen LogP contribution in [0.25, 0.3) is 11.1 Å². The largest absolute Gasteiger partial charge is 0.465 e. The normalized spacial score (nSPS) is 16.3. The maximum atomic E-state index is 13.1. The number of hydrogen-bond donors (Lipinski definition) is 1. The minimum Gasteiger partial charge on any atom is -0.465 e. The Morgan fingerprint density at radius 1 is 1.03 bits per heavy atom. The second kappa shape index (κ2) is 10.0. The fourth-order valence-electron chi connectivity index (χ4n) is 4.17. The van der Waals surface area contributed by atoms with Gasteiger partial charge in [0.2, 0.25) is 0 Å². The van der Waals surface area contributed by atoms with Crippen molar-refractivity contribution >= 4 is 17.7 Å². The summed E-state index contributed by atoms with van der Waals surface area (Å²) < 4.78 is 13.1. The molecule has 176 valence electrons. The third kappa shape index (κ3) is 5.23. The highest BCUT2D eigenvalue weighted by Gasteiger charge is 2.27. The summed E-state index contributed by atoms with van der Waals surface area (Å²) in [5, 5.41) is 9.23. The van der Waals surface area contributed by atoms with Gasteiger partial charge in [-0.05, 0) is 48.4 Å². The third-order valence-electron chi connectivity index (χ3n) is 6.15. The van der Waals surface area contributed by atoms with Crippen molar-refractivity contribution in [3.05, 3.63) is 83.9 Å². The summed E-state index contributed by atoms with van der Waals surface area (Å²) in [5.74, 6) is -0.525. The van der Waals surface area contributed by atoms with Gasteiger partial charge >= 0.3 is 6.09 Å². The number of amides is 2. The van der Waals surface area contributed by atoms with Crippen LogP contribution in [0.15, 0.2) is 66.9 Å². The van der Waals surface area contributed by atoms with Crippen LogP contribution in [0.5, 0.6) is 0 Å². The van der Waals surface area contributed by atoms with E-state index in [4.69, 9.17) is 0 Å². The fraction of sp³-hybridized carbons (Fsp3) is 0.269. The molecule has 7 nitrogen and oxygen atoms in total. The number of halogens is 1. The molecular weight excluding hydrogens is 435 g/mol. The van der Waals surface area contributed by atoms with Gasteiger partial charge in [0.1, 0.15) is 11.5 Å². The predicted molar refractivity (Wildman–Crippen MR) is 128 cm³/mol. The van der Waals surface area contributed by atoms with E-state index in [9.17, 15) is 19.1 Å². The molecule has 3 aromatic rings. The topological polar surface area (TPSA) is 77.0 Å². The zero-order valence-corrected chi connectivity index (χ0v) is 19.2. The molecule has 2 aromatic carbocycles. The first kappa shape index (κ1) is 23.4. The van der Waals surface area contributed by atoms with Crippen LogP contribution in [-0.2, 0) is 6.54 Å². The van der Waals surface area contributed by atoms with Crippen molar-refractivity contribution in [2.24, 2.45) is 0 Å². The molecule has 0 radical (unpaired) electrons. The maximum Gasteiger partial charge on any atom is 0.407 e. The predicted octanol–water partition coefficient (Wildman–Crippen LogP) is 4.35. The van der Waals surface area contributed by atoms with E-state index >= 15 is 0 Å². The Bertz CT molecular complexity index is 1150. The SMILES string of the molecule is C[C@H]1CN(Cc2ccc(N(C)C(=O)c3ccc(-c4ccc(F)cc4)cn3)cc2)CCN1C(=O)O. The van der Waals surface area contributed by atoms with E-state index in [0.717, 1.165) is 28.9 Å². The molecule has 0 saturated carbocycles. The third-order valence-corrected chi connectivity index (χ3v) is 6.15. The summed E-state index contributed by atoms with van der Waals surface area (Å²) in [6.45, 7) is 4.52. The lowest BCUT2D eigenvalue weighted by molar-refractivity contribution is 0.0711. The Hall–Kier alpha value is -3.78. The van der Waals surface area contributed by atoms with Crippen LogP contribution >= 0.6 is 0 Å². The van der Waals surface area contributed by atoms with Gasteiger partial charge in [0.05, 0.1) is 0 Å². The number of carboxylic acid groups (broad SMARTS) is 1. The van der Waals surface area contributed by atoms with E-state index < -0.39 is 6.09 Å². The molecule has 1 aliphatic heterocycles. The molecule has 4 rings (SSSR count). The molecule has 1 N–H and O–H groups in total. The molecule has 0 aliphatic carbocycles. The van der Waals surface area contributed by atoms with Crippen molar-refractivity contribution < 1.29 is 19.1 Å². The van der Waals surface area contributed by atoms with Crippen molar-refractivity contribution in [2.75, 3.05) is 31.6 Å². The Kier molecular flexibility index (Phi) is 6.88. The van der Waals surface area contributed by atoms with Crippen LogP contribution in [0.4, 0.5) is 14.9 Å². The summed E-state index contributed by atoms with van der Waals surface area (Å²) in [5.41, 5.74) is 3.81. The summed E-state index contributed by atoms with van der Waals surface area (Å²) >= 11 is 0. The van der Waals surface area contributed by atoms with Gasteiger partial charge in [-0.2, -0.15) is 0 Å². The minimum atomic E-state index is -0.871. The average Bonchev–Trinajstić information content (AvgIpc) is 2.84. The highest BCUT2D eigenvalue weighted by atomic mass is 19.1. The molecular formula is C26H27FN4O3. The standard InChI is InChI=1S/C26H27FN4O3/c1-18-16-30(13-14-31(18)26(33)34)17-19-3-10-23(11-4-19)29(2)25(32)24-12-7-21(15-28-24)20-5-8-22(27)9-6-20/h3-12,15,18H,13-14,16-17H2,1-2H3,(H,33,34)/t18-/m0/s1. The Morgan fingerprint density at radius 3 is 2.29 bits per heavy atom. The van der Waals surface area contributed by atoms with Gasteiger partial charge in [-0.15, -0.1) is 0 Å². The van der Waals surface area contributed by atoms with Gasteiger partial charge in [-0.3, -0.25) is 14.7 Å². The molecule has 1 saturated heterocycles. The number of pyridine rings is 1. The molecule has 1 aromatic heterocycles. The number of piperazine rings is 1. The highest BCUT2D eigenvalue weighted by Crippen LogP contribution is 2.21. The number of benzene rings is 2. The summed E-state index contributed by atoms with van der Waals surface area (Å²) in [7, 11) is 1.71. The van der Waals surface area contributed by atoms with E-state index in [0.29, 0.717) is 25.3 Å². The molecule has 0 bridgehead atoms. The Balaban J connectivity index is 1.37. The van der Waals surface area contributed by atoms with E-state index in [1.807, 2.05) is 31.2 Å². The Labute approximate surface area is 198 Å². The van der Waals surface area contributed by atoms with Crippen molar-refractivity contribution in [3.8, 4) is 11.1 Å². The molecule has 2 amide bonds. The van der Waals surface area contributed by atoms with Crippen molar-refractivity contribution in [1.82, 2.24) is 14.8 Å². The lowest BCUT2D eigenvalue weighted by Gasteiger charge is -2.38. The number of carbonyl (C=O) groups excluding carboxylic acids is 1. The van der Waals surface area contributed by atoms with Gasteiger partial charge in [0.25, 0.3) is 5.91 Å². The summed E-state index contributed by atoms with van der Waals surface area (Å²) in [6, 6.07) is 17.3. The molecule has 8 heteroatoms. The van der Waals surface area contributed by atoms with Gasteiger partial charge in [0.15, 0.2) is 0 Å². The fourth-order valence-corrected chi connectivity index (χ4v) is 4.17. The number of carbonyl (C=O) groups is 2. The Morgan fingerprint density at radius 2 is 1.71 bits per heavy atom. The van der Waals surface area contributed by atoms with E-state index in [1.165, 1.54) is 17.0 Å². The quantitative estimate of drug-likeness (QED) is 0.610. The van der Waals surface area contributed by atoms with Crippen LogP contribution < -0.4 is 4.90 Å². The van der Waals surface area contributed by atoms with Crippen molar-refractivity contribution in [2.45, 2.75) is 19.5 Å². The van der Waals surface area contributed by atoms with Crippen LogP contribution in [0.3, 0.4) is 0 Å². The number of rotatable bonds is 5. The van der Waals surface area contributed by atoms with Crippen LogP contribution in [0.2, 0.25) is 0 Å². The maximum absolute atomic E-state index is 13.1. The minimum absolute atomic E-state index is 0.0452. The van der Waals surface area contributed by atoms with Gasteiger partial charge in [-0.25, -0.2) is 9.18 Å². The molecule has 1 aliphatic rings. The monoisotopic (exact) mass is 462 g/mol. The molecule has 0 spiro atoms. The highest BCUT2D eigenvalue weighted by molar-refractivity contribution is 6.04. The lowest BCUT2D eigenvalue weighted by Crippen LogP contribution is -2.53. The van der Waals surface area contributed by atoms with Gasteiger partial charge < -0.3 is 14.9 Å². The van der Waals surface area contributed by atoms with E-state index in [-0.39, 0.29) is 17.8 Å². The molecule has 1 atom stereocenters.